The molecule has 0 saturated carbocycles. The van der Waals surface area contributed by atoms with Crippen LogP contribution in [0.1, 0.15) is 31.9 Å². The minimum Gasteiger partial charge on any atom is -0.288 e. The van der Waals surface area contributed by atoms with E-state index in [0.717, 1.165) is 16.9 Å². The molecule has 2 heterocycles. The summed E-state index contributed by atoms with van der Waals surface area (Å²) in [6.07, 6.45) is 1.00. The van der Waals surface area contributed by atoms with Crippen LogP contribution >= 0.6 is 22.7 Å². The van der Waals surface area contributed by atoms with Gasteiger partial charge in [0.15, 0.2) is 0 Å². The first-order valence-corrected chi connectivity index (χ1v) is 6.59. The second-order valence-electron chi connectivity index (χ2n) is 3.39. The summed E-state index contributed by atoms with van der Waals surface area (Å²) in [6, 6.07) is 5.92. The summed E-state index contributed by atoms with van der Waals surface area (Å²) in [6.45, 7) is 4.13. The Morgan fingerprint density at radius 3 is 2.73 bits per heavy atom. The summed E-state index contributed by atoms with van der Waals surface area (Å²) in [5.74, 6) is 0.157. The van der Waals surface area contributed by atoms with Crippen LogP contribution in [-0.2, 0) is 6.42 Å². The van der Waals surface area contributed by atoms with Gasteiger partial charge in [-0.1, -0.05) is 6.92 Å². The van der Waals surface area contributed by atoms with Crippen LogP contribution in [0.4, 0.5) is 0 Å². The van der Waals surface area contributed by atoms with Crippen LogP contribution in [0.2, 0.25) is 0 Å². The van der Waals surface area contributed by atoms with Gasteiger partial charge in [0, 0.05) is 20.7 Å². The van der Waals surface area contributed by atoms with Gasteiger partial charge < -0.3 is 0 Å². The maximum atomic E-state index is 12.0. The molecular formula is C12H12OS2. The van der Waals surface area contributed by atoms with Crippen LogP contribution in [0, 0.1) is 6.92 Å². The summed E-state index contributed by atoms with van der Waals surface area (Å²) in [7, 11) is 0. The first-order chi connectivity index (χ1) is 7.20. The van der Waals surface area contributed by atoms with Crippen LogP contribution in [0.25, 0.3) is 0 Å². The quantitative estimate of drug-likeness (QED) is 0.738. The zero-order chi connectivity index (χ0) is 10.8. The van der Waals surface area contributed by atoms with Gasteiger partial charge in [-0.2, -0.15) is 0 Å². The molecule has 2 rings (SSSR count). The van der Waals surface area contributed by atoms with Gasteiger partial charge >= 0.3 is 0 Å². The molecule has 0 N–H and O–H groups in total. The van der Waals surface area contributed by atoms with Crippen molar-refractivity contribution in [2.45, 2.75) is 20.3 Å². The Morgan fingerprint density at radius 2 is 2.20 bits per heavy atom. The molecule has 0 saturated heterocycles. The second kappa shape index (κ2) is 4.29. The molecule has 1 nitrogen and oxygen atoms in total. The van der Waals surface area contributed by atoms with E-state index < -0.39 is 0 Å². The summed E-state index contributed by atoms with van der Waals surface area (Å²) >= 11 is 3.22. The SMILES string of the molecule is CCc1ccc(C(=O)c2csc(C)c2)s1. The standard InChI is InChI=1S/C12H12OS2/c1-3-10-4-5-11(15-10)12(13)9-6-8(2)14-7-9/h4-7H,3H2,1-2H3. The number of aryl methyl sites for hydroxylation is 2. The van der Waals surface area contributed by atoms with E-state index in [1.807, 2.05) is 30.5 Å². The van der Waals surface area contributed by atoms with Crippen LogP contribution < -0.4 is 0 Å². The second-order valence-corrected chi connectivity index (χ2v) is 5.68. The fraction of sp³-hybridized carbons (Fsp3) is 0.250. The predicted molar refractivity (Wildman–Crippen MR) is 66.2 cm³/mol. The van der Waals surface area contributed by atoms with E-state index in [1.165, 1.54) is 9.75 Å². The van der Waals surface area contributed by atoms with E-state index in [-0.39, 0.29) is 5.78 Å². The normalized spacial score (nSPS) is 10.5. The lowest BCUT2D eigenvalue weighted by atomic mass is 10.2. The van der Waals surface area contributed by atoms with Crippen LogP contribution in [-0.4, -0.2) is 5.78 Å². The van der Waals surface area contributed by atoms with Gasteiger partial charge in [-0.25, -0.2) is 0 Å². The van der Waals surface area contributed by atoms with Crippen molar-refractivity contribution >= 4 is 28.5 Å². The fourth-order valence-electron chi connectivity index (χ4n) is 1.39. The average molecular weight is 236 g/mol. The minimum absolute atomic E-state index is 0.157. The molecule has 15 heavy (non-hydrogen) atoms. The molecule has 0 aliphatic carbocycles. The van der Waals surface area contributed by atoms with Crippen LogP contribution in [0.3, 0.4) is 0 Å². The number of hydrogen-bond acceptors (Lipinski definition) is 3. The highest BCUT2D eigenvalue weighted by atomic mass is 32.1. The van der Waals surface area contributed by atoms with Gasteiger partial charge in [-0.15, -0.1) is 22.7 Å². The van der Waals surface area contributed by atoms with E-state index in [0.29, 0.717) is 0 Å². The maximum absolute atomic E-state index is 12.0. The molecule has 0 bridgehead atoms. The largest absolute Gasteiger partial charge is 0.288 e. The molecule has 0 spiro atoms. The number of thiophene rings is 2. The number of carbonyl (C=O) groups excluding carboxylic acids is 1. The van der Waals surface area contributed by atoms with Crippen molar-refractivity contribution in [1.29, 1.82) is 0 Å². The zero-order valence-electron chi connectivity index (χ0n) is 8.74. The van der Waals surface area contributed by atoms with Gasteiger partial charge in [-0.3, -0.25) is 4.79 Å². The molecule has 0 aliphatic heterocycles. The van der Waals surface area contributed by atoms with Crippen molar-refractivity contribution < 1.29 is 4.79 Å². The number of hydrogen-bond donors (Lipinski definition) is 0. The molecule has 0 fully saturated rings. The molecule has 3 heteroatoms. The lowest BCUT2D eigenvalue weighted by Gasteiger charge is -1.91. The van der Waals surface area contributed by atoms with E-state index in [2.05, 4.69) is 6.92 Å². The Labute approximate surface area is 97.4 Å². The lowest BCUT2D eigenvalue weighted by molar-refractivity contribution is 0.104. The van der Waals surface area contributed by atoms with Crippen molar-refractivity contribution in [2.24, 2.45) is 0 Å². The van der Waals surface area contributed by atoms with E-state index in [1.54, 1.807) is 22.7 Å². The smallest absolute Gasteiger partial charge is 0.203 e. The number of carbonyl (C=O) groups is 1. The van der Waals surface area contributed by atoms with Crippen molar-refractivity contribution in [3.8, 4) is 0 Å². The summed E-state index contributed by atoms with van der Waals surface area (Å²) < 4.78 is 0. The minimum atomic E-state index is 0.157. The monoisotopic (exact) mass is 236 g/mol. The van der Waals surface area contributed by atoms with Gasteiger partial charge in [-0.05, 0) is 31.5 Å². The molecule has 2 aromatic rings. The third-order valence-corrected chi connectivity index (χ3v) is 4.32. The van der Waals surface area contributed by atoms with Crippen molar-refractivity contribution in [3.63, 3.8) is 0 Å². The molecule has 0 atom stereocenters. The van der Waals surface area contributed by atoms with E-state index in [4.69, 9.17) is 0 Å². The molecule has 0 aliphatic rings. The highest BCUT2D eigenvalue weighted by molar-refractivity contribution is 7.14. The third kappa shape index (κ3) is 2.19. The molecule has 78 valence electrons. The number of ketones is 1. The van der Waals surface area contributed by atoms with E-state index in [9.17, 15) is 4.79 Å². The Kier molecular flexibility index (Phi) is 3.03. The van der Waals surface area contributed by atoms with Gasteiger partial charge in [0.05, 0.1) is 4.88 Å². The number of rotatable bonds is 3. The van der Waals surface area contributed by atoms with Gasteiger partial charge in [0.25, 0.3) is 0 Å². The summed E-state index contributed by atoms with van der Waals surface area (Å²) in [5.41, 5.74) is 0.821. The van der Waals surface area contributed by atoms with E-state index >= 15 is 0 Å². The molecule has 0 unspecified atom stereocenters. The first-order valence-electron chi connectivity index (χ1n) is 4.89. The predicted octanol–water partition coefficient (Wildman–Crippen LogP) is 3.91. The Balaban J connectivity index is 2.28. The van der Waals surface area contributed by atoms with Gasteiger partial charge in [0.2, 0.25) is 5.78 Å². The first kappa shape index (κ1) is 10.6. The Morgan fingerprint density at radius 1 is 1.40 bits per heavy atom. The highest BCUT2D eigenvalue weighted by Gasteiger charge is 2.12. The van der Waals surface area contributed by atoms with Crippen molar-refractivity contribution in [3.05, 3.63) is 43.8 Å². The molecule has 2 aromatic heterocycles. The Hall–Kier alpha value is -0.930. The highest BCUT2D eigenvalue weighted by Crippen LogP contribution is 2.22. The third-order valence-electron chi connectivity index (χ3n) is 2.23. The molecule has 0 amide bonds. The van der Waals surface area contributed by atoms with Crippen LogP contribution in [0.5, 0.6) is 0 Å². The van der Waals surface area contributed by atoms with Crippen molar-refractivity contribution in [1.82, 2.24) is 0 Å². The summed E-state index contributed by atoms with van der Waals surface area (Å²) in [5, 5.41) is 1.93. The molecule has 0 aromatic carbocycles. The topological polar surface area (TPSA) is 17.1 Å². The molecule has 0 radical (unpaired) electrons. The lowest BCUT2D eigenvalue weighted by Crippen LogP contribution is -1.95. The zero-order valence-corrected chi connectivity index (χ0v) is 10.4. The van der Waals surface area contributed by atoms with Gasteiger partial charge in [0.1, 0.15) is 0 Å². The molecular weight excluding hydrogens is 224 g/mol. The maximum Gasteiger partial charge on any atom is 0.203 e. The summed E-state index contributed by atoms with van der Waals surface area (Å²) in [4.78, 5) is 15.3. The Bertz CT molecular complexity index is 479. The fourth-order valence-corrected chi connectivity index (χ4v) is 2.99. The average Bonchev–Trinajstić information content (AvgIpc) is 2.84. The van der Waals surface area contributed by atoms with Crippen LogP contribution in [0.15, 0.2) is 23.6 Å². The van der Waals surface area contributed by atoms with Crippen molar-refractivity contribution in [2.75, 3.05) is 0 Å².